The molecule has 1 aliphatic carbocycles. The van der Waals surface area contributed by atoms with E-state index in [1.165, 1.54) is 0 Å². The van der Waals surface area contributed by atoms with Crippen molar-refractivity contribution in [2.24, 2.45) is 11.5 Å². The first-order chi connectivity index (χ1) is 11.3. The van der Waals surface area contributed by atoms with E-state index in [-0.39, 0.29) is 5.56 Å². The maximum absolute atomic E-state index is 14.8. The molecule has 3 rings (SSSR count). The third-order valence-electron chi connectivity index (χ3n) is 4.47. The zero-order valence-corrected chi connectivity index (χ0v) is 13.4. The van der Waals surface area contributed by atoms with Crippen molar-refractivity contribution in [1.82, 2.24) is 4.98 Å². The molecule has 1 heterocycles. The molecule has 1 atom stereocenters. The van der Waals surface area contributed by atoms with Crippen molar-refractivity contribution in [2.75, 3.05) is 0 Å². The molecule has 5 N–H and O–H groups in total. The molecule has 0 fully saturated rings. The van der Waals surface area contributed by atoms with Crippen LogP contribution in [0.5, 0.6) is 0 Å². The van der Waals surface area contributed by atoms with E-state index in [1.807, 2.05) is 19.9 Å². The van der Waals surface area contributed by atoms with Crippen LogP contribution in [-0.2, 0) is 4.74 Å². The van der Waals surface area contributed by atoms with Crippen molar-refractivity contribution in [3.63, 3.8) is 0 Å². The van der Waals surface area contributed by atoms with Crippen LogP contribution in [0.15, 0.2) is 12.1 Å². The third kappa shape index (κ3) is 2.51. The minimum absolute atomic E-state index is 0.117. The van der Waals surface area contributed by atoms with E-state index in [0.29, 0.717) is 29.3 Å². The Hall–Kier alpha value is -2.83. The first kappa shape index (κ1) is 16.0. The number of fused-ring (bicyclic) bond motifs is 1. The minimum Gasteiger partial charge on any atom is -0.446 e. The molecule has 1 aliphatic rings. The van der Waals surface area contributed by atoms with Gasteiger partial charge in [-0.1, -0.05) is 6.08 Å². The maximum atomic E-state index is 14.8. The van der Waals surface area contributed by atoms with E-state index in [0.717, 1.165) is 22.9 Å². The zero-order valence-electron chi connectivity index (χ0n) is 13.4. The number of ether oxygens (including phenoxy) is 1. The summed E-state index contributed by atoms with van der Waals surface area (Å²) in [5.41, 5.74) is 13.9. The van der Waals surface area contributed by atoms with Gasteiger partial charge in [0.1, 0.15) is 11.9 Å². The Kier molecular flexibility index (Phi) is 3.79. The van der Waals surface area contributed by atoms with Gasteiger partial charge in [-0.2, -0.15) is 0 Å². The number of primary amides is 2. The molecule has 7 heteroatoms. The molecule has 0 saturated heterocycles. The number of aromatic nitrogens is 1. The number of hydrogen-bond acceptors (Lipinski definition) is 3. The standard InChI is InChI=1S/C17H18FN3O3/c1-7-8(2)21-15-11(16(19)22)6-12(18)14(13(7)15)9-3-4-10(5-9)24-17(20)23/h3,6,10,21H,4-5H2,1-2H3,(H2,19,22)(H2,20,23). The number of H-pyrrole nitrogens is 1. The topological polar surface area (TPSA) is 111 Å². The van der Waals surface area contributed by atoms with Crippen molar-refractivity contribution < 1.29 is 18.7 Å². The van der Waals surface area contributed by atoms with Crippen LogP contribution < -0.4 is 11.5 Å². The molecule has 0 bridgehead atoms. The number of aryl methyl sites for hydroxylation is 2. The summed E-state index contributed by atoms with van der Waals surface area (Å²) in [4.78, 5) is 25.7. The highest BCUT2D eigenvalue weighted by Gasteiger charge is 2.27. The number of nitrogens with two attached hydrogens (primary N) is 2. The Morgan fingerprint density at radius 2 is 2.04 bits per heavy atom. The number of carbonyl (C=O) groups excluding carboxylic acids is 2. The van der Waals surface area contributed by atoms with Crippen LogP contribution in [0, 0.1) is 19.7 Å². The van der Waals surface area contributed by atoms with Crippen molar-refractivity contribution in [2.45, 2.75) is 32.8 Å². The molecule has 1 unspecified atom stereocenters. The molecule has 0 aliphatic heterocycles. The van der Waals surface area contributed by atoms with Crippen LogP contribution in [0.1, 0.15) is 40.0 Å². The maximum Gasteiger partial charge on any atom is 0.404 e. The van der Waals surface area contributed by atoms with Gasteiger partial charge in [-0.25, -0.2) is 9.18 Å². The lowest BCUT2D eigenvalue weighted by Gasteiger charge is -2.13. The summed E-state index contributed by atoms with van der Waals surface area (Å²) in [6.45, 7) is 3.71. The highest BCUT2D eigenvalue weighted by molar-refractivity contribution is 6.09. The van der Waals surface area contributed by atoms with Crippen LogP contribution in [0.4, 0.5) is 9.18 Å². The summed E-state index contributed by atoms with van der Waals surface area (Å²) >= 11 is 0. The van der Waals surface area contributed by atoms with Crippen LogP contribution in [0.3, 0.4) is 0 Å². The van der Waals surface area contributed by atoms with Crippen molar-refractivity contribution in [3.8, 4) is 0 Å². The lowest BCUT2D eigenvalue weighted by Crippen LogP contribution is -2.20. The van der Waals surface area contributed by atoms with Crippen LogP contribution >= 0.6 is 0 Å². The summed E-state index contributed by atoms with van der Waals surface area (Å²) in [6.07, 6.45) is 1.42. The third-order valence-corrected chi connectivity index (χ3v) is 4.47. The Morgan fingerprint density at radius 1 is 1.33 bits per heavy atom. The molecule has 6 nitrogen and oxygen atoms in total. The summed E-state index contributed by atoms with van der Waals surface area (Å²) in [6, 6.07) is 1.15. The van der Waals surface area contributed by atoms with Gasteiger partial charge in [0, 0.05) is 29.5 Å². The Morgan fingerprint density at radius 3 is 2.67 bits per heavy atom. The second-order valence-electron chi connectivity index (χ2n) is 6.00. The van der Waals surface area contributed by atoms with E-state index in [2.05, 4.69) is 4.98 Å². The lowest BCUT2D eigenvalue weighted by atomic mass is 9.95. The number of nitrogens with one attached hydrogen (secondary N) is 1. The highest BCUT2D eigenvalue weighted by atomic mass is 19.1. The monoisotopic (exact) mass is 331 g/mol. The highest BCUT2D eigenvalue weighted by Crippen LogP contribution is 2.39. The number of carbonyl (C=O) groups is 2. The zero-order chi connectivity index (χ0) is 17.6. The van der Waals surface area contributed by atoms with Gasteiger partial charge in [-0.15, -0.1) is 0 Å². The normalized spacial score (nSPS) is 17.1. The van der Waals surface area contributed by atoms with E-state index in [4.69, 9.17) is 16.2 Å². The number of hydrogen-bond donors (Lipinski definition) is 3. The largest absolute Gasteiger partial charge is 0.446 e. The Labute approximate surface area is 137 Å². The number of rotatable bonds is 3. The summed E-state index contributed by atoms with van der Waals surface area (Å²) in [7, 11) is 0. The number of aromatic amines is 1. The van der Waals surface area contributed by atoms with Gasteiger partial charge >= 0.3 is 6.09 Å². The molecule has 0 spiro atoms. The SMILES string of the molecule is Cc1[nH]c2c(C(N)=O)cc(F)c(C3=CCC(OC(N)=O)C3)c2c1C. The van der Waals surface area contributed by atoms with Gasteiger partial charge in [0.05, 0.1) is 11.1 Å². The number of halogens is 1. The van der Waals surface area contributed by atoms with E-state index in [9.17, 15) is 14.0 Å². The van der Waals surface area contributed by atoms with Crippen molar-refractivity contribution in [3.05, 3.63) is 40.3 Å². The average molecular weight is 331 g/mol. The number of benzene rings is 1. The quantitative estimate of drug-likeness (QED) is 0.804. The molecule has 1 aromatic heterocycles. The smallest absolute Gasteiger partial charge is 0.404 e. The Balaban J connectivity index is 2.16. The fourth-order valence-electron chi connectivity index (χ4n) is 3.28. The van der Waals surface area contributed by atoms with Gasteiger partial charge < -0.3 is 21.2 Å². The van der Waals surface area contributed by atoms with Crippen LogP contribution in [0.25, 0.3) is 16.5 Å². The van der Waals surface area contributed by atoms with Gasteiger partial charge in [0.25, 0.3) is 5.91 Å². The summed E-state index contributed by atoms with van der Waals surface area (Å²) in [5.74, 6) is -1.22. The van der Waals surface area contributed by atoms with E-state index >= 15 is 0 Å². The van der Waals surface area contributed by atoms with Crippen molar-refractivity contribution >= 4 is 28.5 Å². The molecule has 126 valence electrons. The van der Waals surface area contributed by atoms with Crippen LogP contribution in [0.2, 0.25) is 0 Å². The van der Waals surface area contributed by atoms with Gasteiger partial charge in [-0.05, 0) is 31.1 Å². The van der Waals surface area contributed by atoms with Gasteiger partial charge in [0.15, 0.2) is 0 Å². The lowest BCUT2D eigenvalue weighted by molar-refractivity contribution is 0.100. The molecule has 2 aromatic rings. The first-order valence-corrected chi connectivity index (χ1v) is 7.56. The predicted octanol–water partition coefficient (Wildman–Crippen LogP) is 2.66. The molecular weight excluding hydrogens is 313 g/mol. The predicted molar refractivity (Wildman–Crippen MR) is 87.9 cm³/mol. The van der Waals surface area contributed by atoms with Crippen molar-refractivity contribution in [1.29, 1.82) is 0 Å². The fourth-order valence-corrected chi connectivity index (χ4v) is 3.28. The Bertz CT molecular complexity index is 898. The summed E-state index contributed by atoms with van der Waals surface area (Å²) in [5, 5.41) is 0.632. The van der Waals surface area contributed by atoms with E-state index in [1.54, 1.807) is 0 Å². The first-order valence-electron chi connectivity index (χ1n) is 7.56. The van der Waals surface area contributed by atoms with Crippen LogP contribution in [-0.4, -0.2) is 23.1 Å². The molecule has 24 heavy (non-hydrogen) atoms. The summed E-state index contributed by atoms with van der Waals surface area (Å²) < 4.78 is 19.8. The second kappa shape index (κ2) is 5.67. The molecule has 0 saturated carbocycles. The average Bonchev–Trinajstić information content (AvgIpc) is 3.04. The number of amides is 2. The fraction of sp³-hybridized carbons (Fsp3) is 0.294. The molecule has 1 aromatic carbocycles. The van der Waals surface area contributed by atoms with Gasteiger partial charge in [0.2, 0.25) is 0 Å². The molecule has 0 radical (unpaired) electrons. The molecule has 2 amide bonds. The van der Waals surface area contributed by atoms with Gasteiger partial charge in [-0.3, -0.25) is 4.79 Å². The minimum atomic E-state index is -0.849. The second-order valence-corrected chi connectivity index (χ2v) is 6.00. The van der Waals surface area contributed by atoms with E-state index < -0.39 is 23.9 Å². The molecular formula is C17H18FN3O3.